The lowest BCUT2D eigenvalue weighted by Crippen LogP contribution is -2.50. The van der Waals surface area contributed by atoms with Crippen LogP contribution < -0.4 is 5.06 Å². The summed E-state index contributed by atoms with van der Waals surface area (Å²) in [7, 11) is 0. The van der Waals surface area contributed by atoms with Gasteiger partial charge in [-0.05, 0) is 43.0 Å². The van der Waals surface area contributed by atoms with Crippen molar-refractivity contribution in [2.75, 3.05) is 31.4 Å². The highest BCUT2D eigenvalue weighted by Crippen LogP contribution is 2.43. The molecule has 0 bridgehead atoms. The molecule has 0 spiro atoms. The molecule has 2 fully saturated rings. The third kappa shape index (κ3) is 5.21. The van der Waals surface area contributed by atoms with Gasteiger partial charge in [0.15, 0.2) is 5.60 Å². The van der Waals surface area contributed by atoms with E-state index in [-0.39, 0.29) is 12.5 Å². The van der Waals surface area contributed by atoms with E-state index in [0.29, 0.717) is 44.8 Å². The minimum Gasteiger partial charge on any atom is -0.443 e. The first kappa shape index (κ1) is 23.1. The smallest absolute Gasteiger partial charge is 0.439 e. The van der Waals surface area contributed by atoms with Crippen LogP contribution in [0, 0.1) is 6.92 Å². The van der Waals surface area contributed by atoms with Crippen LogP contribution in [0.25, 0.3) is 11.1 Å². The zero-order chi connectivity index (χ0) is 24.3. The van der Waals surface area contributed by atoms with Gasteiger partial charge in [0.1, 0.15) is 6.61 Å². The number of benzene rings is 2. The Morgan fingerprint density at radius 1 is 1.11 bits per heavy atom. The third-order valence-electron chi connectivity index (χ3n) is 6.20. The molecule has 0 unspecified atom stereocenters. The second-order valence-electron chi connectivity index (χ2n) is 8.86. The molecule has 2 aromatic carbocycles. The van der Waals surface area contributed by atoms with Crippen LogP contribution in [-0.2, 0) is 25.7 Å². The topological polar surface area (TPSA) is 97.0 Å². The third-order valence-corrected chi connectivity index (χ3v) is 6.20. The summed E-state index contributed by atoms with van der Waals surface area (Å²) in [5.74, 6) is -0.118. The Hall–Kier alpha value is -3.69. The van der Waals surface area contributed by atoms with Gasteiger partial charge in [0.2, 0.25) is 0 Å². The number of anilines is 1. The van der Waals surface area contributed by atoms with E-state index < -0.39 is 11.7 Å². The van der Waals surface area contributed by atoms with Gasteiger partial charge < -0.3 is 14.4 Å². The normalized spacial score (nSPS) is 16.5. The number of rotatable bonds is 7. The molecular weight excluding hydrogens is 448 g/mol. The summed E-state index contributed by atoms with van der Waals surface area (Å²) in [5, 5.41) is 7.88. The van der Waals surface area contributed by atoms with Crippen LogP contribution in [0.4, 0.5) is 10.5 Å². The first-order chi connectivity index (χ1) is 17.0. The van der Waals surface area contributed by atoms with E-state index in [1.165, 1.54) is 0 Å². The minimum absolute atomic E-state index is 0.0951. The number of nitrogens with zero attached hydrogens (tertiary/aromatic N) is 3. The molecule has 35 heavy (non-hydrogen) atoms. The number of carbonyl (C=O) groups is 2. The highest BCUT2D eigenvalue weighted by atomic mass is 16.7. The van der Waals surface area contributed by atoms with Gasteiger partial charge in [-0.2, -0.15) is 10.2 Å². The fourth-order valence-electron chi connectivity index (χ4n) is 4.09. The van der Waals surface area contributed by atoms with Crippen molar-refractivity contribution in [2.45, 2.75) is 32.0 Å². The second kappa shape index (κ2) is 9.89. The van der Waals surface area contributed by atoms with Gasteiger partial charge in [0.25, 0.3) is 5.91 Å². The molecule has 2 aliphatic rings. The van der Waals surface area contributed by atoms with Crippen LogP contribution in [0.1, 0.15) is 24.0 Å². The van der Waals surface area contributed by atoms with Crippen molar-refractivity contribution in [3.63, 3.8) is 0 Å². The van der Waals surface area contributed by atoms with E-state index in [4.69, 9.17) is 14.3 Å². The zero-order valence-corrected chi connectivity index (χ0v) is 19.6. The van der Waals surface area contributed by atoms with Crippen LogP contribution in [0.5, 0.6) is 0 Å². The van der Waals surface area contributed by atoms with E-state index in [1.54, 1.807) is 29.4 Å². The maximum Gasteiger partial charge on any atom is 0.439 e. The van der Waals surface area contributed by atoms with Crippen molar-refractivity contribution in [2.24, 2.45) is 0 Å². The Kier molecular flexibility index (Phi) is 6.52. The lowest BCUT2D eigenvalue weighted by molar-refractivity contribution is -0.151. The number of hydrogen-bond donors (Lipinski definition) is 1. The van der Waals surface area contributed by atoms with Gasteiger partial charge in [-0.25, -0.2) is 9.63 Å². The molecule has 1 aromatic heterocycles. The Morgan fingerprint density at radius 2 is 1.89 bits per heavy atom. The van der Waals surface area contributed by atoms with E-state index in [9.17, 15) is 9.59 Å². The van der Waals surface area contributed by atoms with Gasteiger partial charge in [-0.3, -0.25) is 9.89 Å². The van der Waals surface area contributed by atoms with Crippen molar-refractivity contribution in [3.05, 3.63) is 72.1 Å². The lowest BCUT2D eigenvalue weighted by atomic mass is 10.1. The van der Waals surface area contributed by atoms with E-state index >= 15 is 0 Å². The van der Waals surface area contributed by atoms with E-state index in [1.807, 2.05) is 43.3 Å². The number of aromatic nitrogens is 2. The number of hydrogen-bond acceptors (Lipinski definition) is 6. The standard InChI is InChI=1S/C26H28N4O5/c1-19-3-2-4-20(15-19)18-34-25(32)30(23-7-5-21(6-8-23)22-16-27-28-17-22)35-26(9-10-26)24(31)29-11-13-33-14-12-29/h2-8,15-17H,9-14,18H2,1H3,(H,27,28). The van der Waals surface area contributed by atoms with Crippen LogP contribution in [-0.4, -0.2) is 59.0 Å². The quantitative estimate of drug-likeness (QED) is 0.521. The highest BCUT2D eigenvalue weighted by Gasteiger charge is 2.56. The molecular formula is C26H28N4O5. The molecule has 9 nitrogen and oxygen atoms in total. The largest absolute Gasteiger partial charge is 0.443 e. The highest BCUT2D eigenvalue weighted by molar-refractivity contribution is 5.91. The van der Waals surface area contributed by atoms with Crippen LogP contribution in [0.3, 0.4) is 0 Å². The molecule has 0 atom stereocenters. The maximum atomic E-state index is 13.3. The summed E-state index contributed by atoms with van der Waals surface area (Å²) in [6.45, 7) is 4.11. The number of H-pyrrole nitrogens is 1. The molecule has 3 aromatic rings. The fraction of sp³-hybridized carbons (Fsp3) is 0.346. The molecule has 5 rings (SSSR count). The van der Waals surface area contributed by atoms with Crippen LogP contribution in [0.2, 0.25) is 0 Å². The molecule has 1 saturated carbocycles. The number of hydroxylamine groups is 1. The number of carbonyl (C=O) groups excluding carboxylic acids is 2. The molecule has 9 heteroatoms. The number of aryl methyl sites for hydroxylation is 1. The molecule has 1 aliphatic heterocycles. The first-order valence-electron chi connectivity index (χ1n) is 11.7. The van der Waals surface area contributed by atoms with Crippen molar-refractivity contribution >= 4 is 17.7 Å². The Morgan fingerprint density at radius 3 is 2.54 bits per heavy atom. The van der Waals surface area contributed by atoms with Crippen molar-refractivity contribution in [3.8, 4) is 11.1 Å². The predicted molar refractivity (Wildman–Crippen MR) is 128 cm³/mol. The summed E-state index contributed by atoms with van der Waals surface area (Å²) in [6, 6.07) is 15.0. The molecule has 0 radical (unpaired) electrons. The monoisotopic (exact) mass is 476 g/mol. The summed E-state index contributed by atoms with van der Waals surface area (Å²) in [4.78, 5) is 34.4. The average molecular weight is 477 g/mol. The zero-order valence-electron chi connectivity index (χ0n) is 19.6. The van der Waals surface area contributed by atoms with Crippen LogP contribution in [0.15, 0.2) is 60.9 Å². The van der Waals surface area contributed by atoms with E-state index in [0.717, 1.165) is 27.3 Å². The molecule has 1 aliphatic carbocycles. The Balaban J connectivity index is 1.36. The number of aromatic amines is 1. The van der Waals surface area contributed by atoms with Gasteiger partial charge in [-0.1, -0.05) is 42.0 Å². The Bertz CT molecular complexity index is 1170. The molecule has 1 N–H and O–H groups in total. The summed E-state index contributed by atoms with van der Waals surface area (Å²) >= 11 is 0. The molecule has 1 saturated heterocycles. The van der Waals surface area contributed by atoms with Gasteiger partial charge >= 0.3 is 6.09 Å². The average Bonchev–Trinajstić information content (AvgIpc) is 3.47. The number of ether oxygens (including phenoxy) is 2. The van der Waals surface area contributed by atoms with E-state index in [2.05, 4.69) is 10.2 Å². The molecule has 2 amide bonds. The van der Waals surface area contributed by atoms with Crippen molar-refractivity contribution < 1.29 is 23.9 Å². The van der Waals surface area contributed by atoms with Crippen molar-refractivity contribution in [1.82, 2.24) is 15.1 Å². The number of nitrogens with one attached hydrogen (secondary N) is 1. The summed E-state index contributed by atoms with van der Waals surface area (Å²) in [6.07, 6.45) is 3.92. The van der Waals surface area contributed by atoms with Gasteiger partial charge in [0.05, 0.1) is 25.1 Å². The fourth-order valence-corrected chi connectivity index (χ4v) is 4.09. The SMILES string of the molecule is Cc1cccc(COC(=O)N(OC2(C(=O)N3CCOCC3)CC2)c2ccc(-c3cn[nH]c3)cc2)c1. The maximum absolute atomic E-state index is 13.3. The summed E-state index contributed by atoms with van der Waals surface area (Å²) < 4.78 is 11.0. The van der Waals surface area contributed by atoms with Crippen molar-refractivity contribution in [1.29, 1.82) is 0 Å². The number of amides is 2. The molecule has 182 valence electrons. The summed E-state index contributed by atoms with van der Waals surface area (Å²) in [5.41, 5.74) is 3.22. The molecule has 2 heterocycles. The first-order valence-corrected chi connectivity index (χ1v) is 11.7. The van der Waals surface area contributed by atoms with Gasteiger partial charge in [0, 0.05) is 24.8 Å². The Labute approximate surface area is 203 Å². The minimum atomic E-state index is -1.07. The lowest BCUT2D eigenvalue weighted by Gasteiger charge is -2.32. The predicted octanol–water partition coefficient (Wildman–Crippen LogP) is 3.85. The van der Waals surface area contributed by atoms with Crippen LogP contribution >= 0.6 is 0 Å². The second-order valence-corrected chi connectivity index (χ2v) is 8.86. The number of morpholine rings is 1. The van der Waals surface area contributed by atoms with Gasteiger partial charge in [-0.15, -0.1) is 0 Å².